The van der Waals surface area contributed by atoms with E-state index in [0.717, 1.165) is 11.1 Å². The van der Waals surface area contributed by atoms with E-state index in [1.807, 2.05) is 31.2 Å². The zero-order chi connectivity index (χ0) is 14.3. The molecule has 0 unspecified atom stereocenters. The summed E-state index contributed by atoms with van der Waals surface area (Å²) < 4.78 is 0. The highest BCUT2D eigenvalue weighted by Crippen LogP contribution is 2.08. The van der Waals surface area contributed by atoms with Crippen molar-refractivity contribution in [2.75, 3.05) is 13.1 Å². The van der Waals surface area contributed by atoms with Crippen molar-refractivity contribution >= 4 is 11.9 Å². The number of aryl methyl sites for hydroxylation is 2. The van der Waals surface area contributed by atoms with Gasteiger partial charge in [0.2, 0.25) is 5.91 Å². The van der Waals surface area contributed by atoms with Gasteiger partial charge in [0.05, 0.1) is 0 Å². The van der Waals surface area contributed by atoms with Crippen LogP contribution in [-0.2, 0) is 16.0 Å². The van der Waals surface area contributed by atoms with Crippen molar-refractivity contribution < 1.29 is 14.7 Å². The van der Waals surface area contributed by atoms with Crippen LogP contribution in [0.15, 0.2) is 36.9 Å². The van der Waals surface area contributed by atoms with Crippen molar-refractivity contribution in [1.29, 1.82) is 0 Å². The van der Waals surface area contributed by atoms with Gasteiger partial charge < -0.3 is 10.0 Å². The van der Waals surface area contributed by atoms with Crippen LogP contribution in [-0.4, -0.2) is 35.0 Å². The lowest BCUT2D eigenvalue weighted by molar-refractivity contribution is -0.144. The number of carbonyl (C=O) groups is 2. The number of benzene rings is 1. The first-order valence-corrected chi connectivity index (χ1v) is 6.19. The summed E-state index contributed by atoms with van der Waals surface area (Å²) in [6.45, 7) is 5.52. The van der Waals surface area contributed by atoms with E-state index in [9.17, 15) is 9.59 Å². The summed E-state index contributed by atoms with van der Waals surface area (Å²) in [5, 5.41) is 8.75. The van der Waals surface area contributed by atoms with Crippen LogP contribution in [0.5, 0.6) is 0 Å². The van der Waals surface area contributed by atoms with E-state index in [0.29, 0.717) is 12.8 Å². The number of carbonyl (C=O) groups excluding carboxylic acids is 1. The molecular formula is C15H19NO3. The van der Waals surface area contributed by atoms with E-state index < -0.39 is 5.97 Å². The fourth-order valence-electron chi connectivity index (χ4n) is 1.85. The topological polar surface area (TPSA) is 57.6 Å². The third-order valence-corrected chi connectivity index (χ3v) is 2.74. The van der Waals surface area contributed by atoms with Crippen LogP contribution in [0.25, 0.3) is 0 Å². The average Bonchev–Trinajstić information content (AvgIpc) is 2.35. The minimum atomic E-state index is -1.01. The Hall–Kier alpha value is -2.10. The van der Waals surface area contributed by atoms with E-state index in [1.54, 1.807) is 0 Å². The fraction of sp³-hybridized carbons (Fsp3) is 0.333. The summed E-state index contributed by atoms with van der Waals surface area (Å²) in [6, 6.07) is 7.95. The molecule has 1 amide bonds. The minimum absolute atomic E-state index is 0.163. The molecule has 0 spiro atoms. The monoisotopic (exact) mass is 261 g/mol. The second-order valence-electron chi connectivity index (χ2n) is 4.45. The molecule has 102 valence electrons. The molecule has 0 saturated carbocycles. The molecule has 4 nitrogen and oxygen atoms in total. The van der Waals surface area contributed by atoms with E-state index in [2.05, 4.69) is 6.58 Å². The van der Waals surface area contributed by atoms with Crippen molar-refractivity contribution in [3.05, 3.63) is 48.0 Å². The highest BCUT2D eigenvalue weighted by atomic mass is 16.4. The van der Waals surface area contributed by atoms with Crippen molar-refractivity contribution in [3.63, 3.8) is 0 Å². The summed E-state index contributed by atoms with van der Waals surface area (Å²) >= 11 is 0. The Morgan fingerprint density at radius 1 is 1.42 bits per heavy atom. The van der Waals surface area contributed by atoms with E-state index in [1.165, 1.54) is 11.0 Å². The summed E-state index contributed by atoms with van der Waals surface area (Å²) in [7, 11) is 0. The number of nitrogens with zero attached hydrogens (tertiary/aromatic N) is 1. The summed E-state index contributed by atoms with van der Waals surface area (Å²) in [4.78, 5) is 23.9. The molecule has 0 heterocycles. The molecule has 0 aliphatic rings. The molecule has 0 bridgehead atoms. The Morgan fingerprint density at radius 3 is 2.74 bits per heavy atom. The molecule has 0 aliphatic carbocycles. The quantitative estimate of drug-likeness (QED) is 0.764. The largest absolute Gasteiger partial charge is 0.480 e. The van der Waals surface area contributed by atoms with Crippen molar-refractivity contribution in [1.82, 2.24) is 4.90 Å². The van der Waals surface area contributed by atoms with Gasteiger partial charge in [-0.1, -0.05) is 35.9 Å². The first-order valence-electron chi connectivity index (χ1n) is 6.19. The number of aliphatic carboxylic acids is 1. The normalized spacial score (nSPS) is 9.95. The number of carboxylic acid groups (broad SMARTS) is 1. The molecule has 1 N–H and O–H groups in total. The molecule has 0 atom stereocenters. The zero-order valence-corrected chi connectivity index (χ0v) is 11.1. The van der Waals surface area contributed by atoms with Crippen LogP contribution < -0.4 is 0 Å². The van der Waals surface area contributed by atoms with Gasteiger partial charge in [0, 0.05) is 13.0 Å². The number of rotatable bonds is 7. The Bertz CT molecular complexity index is 468. The molecule has 19 heavy (non-hydrogen) atoms. The first kappa shape index (κ1) is 15.0. The SMILES string of the molecule is C=CCN(CC(=O)O)C(=O)CCc1cccc(C)c1. The van der Waals surface area contributed by atoms with Crippen LogP contribution in [0, 0.1) is 6.92 Å². The number of amides is 1. The standard InChI is InChI=1S/C15H19NO3/c1-3-9-16(11-15(18)19)14(17)8-7-13-6-4-5-12(2)10-13/h3-6,10H,1,7-9,11H2,2H3,(H,18,19). The lowest BCUT2D eigenvalue weighted by Crippen LogP contribution is -2.35. The predicted octanol–water partition coefficient (Wildman–Crippen LogP) is 2.03. The number of hydrogen-bond acceptors (Lipinski definition) is 2. The van der Waals surface area contributed by atoms with Crippen LogP contribution in [0.1, 0.15) is 17.5 Å². The van der Waals surface area contributed by atoms with Gasteiger partial charge in [0.25, 0.3) is 0 Å². The second-order valence-corrected chi connectivity index (χ2v) is 4.45. The Morgan fingerprint density at radius 2 is 2.16 bits per heavy atom. The molecular weight excluding hydrogens is 242 g/mol. The fourth-order valence-corrected chi connectivity index (χ4v) is 1.85. The Labute approximate surface area is 113 Å². The minimum Gasteiger partial charge on any atom is -0.480 e. The molecule has 0 radical (unpaired) electrons. The van der Waals surface area contributed by atoms with Gasteiger partial charge in [-0.15, -0.1) is 6.58 Å². The maximum absolute atomic E-state index is 11.9. The summed E-state index contributed by atoms with van der Waals surface area (Å²) in [5.74, 6) is -1.17. The molecule has 4 heteroatoms. The third-order valence-electron chi connectivity index (χ3n) is 2.74. The average molecular weight is 261 g/mol. The highest BCUT2D eigenvalue weighted by molar-refractivity contribution is 5.81. The van der Waals surface area contributed by atoms with Crippen LogP contribution in [0.4, 0.5) is 0 Å². The van der Waals surface area contributed by atoms with Gasteiger partial charge in [0.15, 0.2) is 0 Å². The van der Waals surface area contributed by atoms with Gasteiger partial charge in [-0.3, -0.25) is 9.59 Å². The van der Waals surface area contributed by atoms with Gasteiger partial charge in [-0.25, -0.2) is 0 Å². The lowest BCUT2D eigenvalue weighted by Gasteiger charge is -2.18. The maximum atomic E-state index is 11.9. The van der Waals surface area contributed by atoms with E-state index >= 15 is 0 Å². The summed E-state index contributed by atoms with van der Waals surface area (Å²) in [6.07, 6.45) is 2.46. The van der Waals surface area contributed by atoms with Crippen LogP contribution >= 0.6 is 0 Å². The first-order chi connectivity index (χ1) is 9.02. The molecule has 0 saturated heterocycles. The number of carboxylic acids is 1. The zero-order valence-electron chi connectivity index (χ0n) is 11.1. The van der Waals surface area contributed by atoms with Gasteiger partial charge in [0.1, 0.15) is 6.54 Å². The second kappa shape index (κ2) is 7.36. The van der Waals surface area contributed by atoms with Gasteiger partial charge in [-0.05, 0) is 18.9 Å². The van der Waals surface area contributed by atoms with Crippen LogP contribution in [0.2, 0.25) is 0 Å². The predicted molar refractivity (Wildman–Crippen MR) is 73.9 cm³/mol. The van der Waals surface area contributed by atoms with Gasteiger partial charge >= 0.3 is 5.97 Å². The van der Waals surface area contributed by atoms with Crippen molar-refractivity contribution in [2.45, 2.75) is 19.8 Å². The van der Waals surface area contributed by atoms with Crippen molar-refractivity contribution in [3.8, 4) is 0 Å². The highest BCUT2D eigenvalue weighted by Gasteiger charge is 2.15. The molecule has 0 aromatic heterocycles. The molecule has 1 aromatic carbocycles. The van der Waals surface area contributed by atoms with Gasteiger partial charge in [-0.2, -0.15) is 0 Å². The van der Waals surface area contributed by atoms with E-state index in [4.69, 9.17) is 5.11 Å². The molecule has 0 fully saturated rings. The molecule has 0 aliphatic heterocycles. The lowest BCUT2D eigenvalue weighted by atomic mass is 10.1. The van der Waals surface area contributed by atoms with Crippen LogP contribution in [0.3, 0.4) is 0 Å². The smallest absolute Gasteiger partial charge is 0.323 e. The summed E-state index contributed by atoms with van der Waals surface area (Å²) in [5.41, 5.74) is 2.24. The van der Waals surface area contributed by atoms with E-state index in [-0.39, 0.29) is 19.0 Å². The molecule has 1 rings (SSSR count). The van der Waals surface area contributed by atoms with Crippen molar-refractivity contribution in [2.24, 2.45) is 0 Å². The number of hydrogen-bond donors (Lipinski definition) is 1. The Kier molecular flexibility index (Phi) is 5.79. The Balaban J connectivity index is 2.56. The third kappa shape index (κ3) is 5.38. The maximum Gasteiger partial charge on any atom is 0.323 e. The molecule has 1 aromatic rings.